The lowest BCUT2D eigenvalue weighted by atomic mass is 9.81. The number of ketones is 1. The van der Waals surface area contributed by atoms with Crippen LogP contribution in [-0.4, -0.2) is 26.8 Å². The summed E-state index contributed by atoms with van der Waals surface area (Å²) in [6.07, 6.45) is 3.37. The zero-order valence-electron chi connectivity index (χ0n) is 15.5. The number of hydrogen-bond donors (Lipinski definition) is 1. The number of halogens is 2. The first-order valence-corrected chi connectivity index (χ1v) is 9.10. The summed E-state index contributed by atoms with van der Waals surface area (Å²) < 4.78 is 32.2. The van der Waals surface area contributed by atoms with E-state index in [1.54, 1.807) is 12.4 Å². The smallest absolute Gasteiger partial charge is 0.248 e. The average molecular weight is 373 g/mol. The number of carbonyl (C=O) groups is 1. The van der Waals surface area contributed by atoms with E-state index < -0.39 is 5.92 Å². The van der Waals surface area contributed by atoms with E-state index in [0.29, 0.717) is 17.0 Å². The van der Waals surface area contributed by atoms with Crippen molar-refractivity contribution in [1.29, 1.82) is 0 Å². The SMILES string of the molecule is Cc1noc(C)c1-c1cnc2[nH]cc(C(=O)C3CCC(F)(F)CC3)c2c1C. The molecule has 7 heteroatoms. The van der Waals surface area contributed by atoms with Crippen LogP contribution in [0.4, 0.5) is 8.78 Å². The molecule has 3 aromatic heterocycles. The van der Waals surface area contributed by atoms with E-state index in [1.165, 1.54) is 0 Å². The third kappa shape index (κ3) is 2.95. The van der Waals surface area contributed by atoms with E-state index in [1.807, 2.05) is 20.8 Å². The maximum Gasteiger partial charge on any atom is 0.248 e. The normalized spacial score (nSPS) is 17.5. The molecule has 1 aliphatic carbocycles. The lowest BCUT2D eigenvalue weighted by molar-refractivity contribution is -0.0424. The molecule has 0 aromatic carbocycles. The van der Waals surface area contributed by atoms with E-state index in [9.17, 15) is 13.6 Å². The standard InChI is InChI=1S/C20H21F2N3O2/c1-10-14(17-11(2)25-27-12(17)3)8-23-19-16(10)15(9-24-19)18(26)13-4-6-20(21,22)7-5-13/h8-9,13H,4-7H2,1-3H3,(H,23,24). The molecule has 27 heavy (non-hydrogen) atoms. The number of carbonyl (C=O) groups excluding carboxylic acids is 1. The van der Waals surface area contributed by atoms with Crippen LogP contribution in [0.25, 0.3) is 22.2 Å². The number of aromatic amines is 1. The average Bonchev–Trinajstić information content (AvgIpc) is 3.19. The van der Waals surface area contributed by atoms with Gasteiger partial charge in [-0.3, -0.25) is 4.79 Å². The van der Waals surface area contributed by atoms with Crippen molar-refractivity contribution in [3.63, 3.8) is 0 Å². The molecular formula is C20H21F2N3O2. The minimum atomic E-state index is -2.65. The second-order valence-corrected chi connectivity index (χ2v) is 7.42. The number of nitrogens with zero attached hydrogens (tertiary/aromatic N) is 2. The van der Waals surface area contributed by atoms with Crippen LogP contribution in [0.3, 0.4) is 0 Å². The maximum absolute atomic E-state index is 13.4. The molecule has 1 aliphatic rings. The van der Waals surface area contributed by atoms with E-state index >= 15 is 0 Å². The number of pyridine rings is 1. The van der Waals surface area contributed by atoms with E-state index in [-0.39, 0.29) is 37.4 Å². The Morgan fingerprint density at radius 1 is 1.26 bits per heavy atom. The van der Waals surface area contributed by atoms with Crippen molar-refractivity contribution in [3.8, 4) is 11.1 Å². The number of aromatic nitrogens is 3. The highest BCUT2D eigenvalue weighted by atomic mass is 19.3. The van der Waals surface area contributed by atoms with Gasteiger partial charge in [-0.2, -0.15) is 0 Å². The van der Waals surface area contributed by atoms with Crippen molar-refractivity contribution in [3.05, 3.63) is 35.0 Å². The van der Waals surface area contributed by atoms with E-state index in [4.69, 9.17) is 4.52 Å². The molecule has 1 N–H and O–H groups in total. The fraction of sp³-hybridized carbons (Fsp3) is 0.450. The van der Waals surface area contributed by atoms with E-state index in [2.05, 4.69) is 15.1 Å². The minimum Gasteiger partial charge on any atom is -0.361 e. The van der Waals surface area contributed by atoms with Crippen molar-refractivity contribution in [2.45, 2.75) is 52.4 Å². The van der Waals surface area contributed by atoms with Gasteiger partial charge in [-0.15, -0.1) is 0 Å². The molecule has 0 bridgehead atoms. The Balaban J connectivity index is 1.77. The Morgan fingerprint density at radius 2 is 1.96 bits per heavy atom. The molecule has 3 aromatic rings. The largest absolute Gasteiger partial charge is 0.361 e. The number of alkyl halides is 2. The highest BCUT2D eigenvalue weighted by Gasteiger charge is 2.38. The van der Waals surface area contributed by atoms with Gasteiger partial charge in [0.25, 0.3) is 0 Å². The summed E-state index contributed by atoms with van der Waals surface area (Å²) in [4.78, 5) is 20.5. The lowest BCUT2D eigenvalue weighted by Gasteiger charge is -2.27. The van der Waals surface area contributed by atoms with Crippen LogP contribution in [0.15, 0.2) is 16.9 Å². The summed E-state index contributed by atoms with van der Waals surface area (Å²) in [5.41, 5.74) is 4.54. The van der Waals surface area contributed by atoms with Gasteiger partial charge in [0.2, 0.25) is 5.92 Å². The van der Waals surface area contributed by atoms with Crippen molar-refractivity contribution < 1.29 is 18.1 Å². The monoisotopic (exact) mass is 373 g/mol. The fourth-order valence-electron chi connectivity index (χ4n) is 4.09. The van der Waals surface area contributed by atoms with Gasteiger partial charge in [-0.1, -0.05) is 5.16 Å². The van der Waals surface area contributed by atoms with Gasteiger partial charge in [-0.25, -0.2) is 13.8 Å². The summed E-state index contributed by atoms with van der Waals surface area (Å²) in [5.74, 6) is -2.41. The highest BCUT2D eigenvalue weighted by Crippen LogP contribution is 2.39. The molecule has 1 saturated carbocycles. The Kier molecular flexibility index (Phi) is 4.13. The number of H-pyrrole nitrogens is 1. The molecule has 0 spiro atoms. The van der Waals surface area contributed by atoms with Gasteiger partial charge in [0, 0.05) is 53.2 Å². The zero-order valence-corrected chi connectivity index (χ0v) is 15.5. The van der Waals surface area contributed by atoms with Crippen LogP contribution in [0.2, 0.25) is 0 Å². The van der Waals surface area contributed by atoms with Gasteiger partial charge < -0.3 is 9.51 Å². The third-order valence-electron chi connectivity index (χ3n) is 5.62. The van der Waals surface area contributed by atoms with Gasteiger partial charge in [-0.05, 0) is 39.2 Å². The number of nitrogens with one attached hydrogen (secondary N) is 1. The Hall–Kier alpha value is -2.57. The van der Waals surface area contributed by atoms with Gasteiger partial charge in [0.1, 0.15) is 11.4 Å². The predicted molar refractivity (Wildman–Crippen MR) is 97.0 cm³/mol. The molecule has 0 radical (unpaired) electrons. The number of fused-ring (bicyclic) bond motifs is 1. The van der Waals surface area contributed by atoms with Crippen molar-refractivity contribution >= 4 is 16.8 Å². The zero-order chi connectivity index (χ0) is 19.3. The molecule has 3 heterocycles. The quantitative estimate of drug-likeness (QED) is 0.644. The molecule has 142 valence electrons. The number of aryl methyl sites for hydroxylation is 3. The summed E-state index contributed by atoms with van der Waals surface area (Å²) in [6, 6.07) is 0. The lowest BCUT2D eigenvalue weighted by Crippen LogP contribution is -2.28. The van der Waals surface area contributed by atoms with E-state index in [0.717, 1.165) is 27.8 Å². The Bertz CT molecular complexity index is 1010. The maximum atomic E-state index is 13.4. The second kappa shape index (κ2) is 6.25. The summed E-state index contributed by atoms with van der Waals surface area (Å²) in [6.45, 7) is 5.64. The van der Waals surface area contributed by atoms with Crippen LogP contribution in [0.1, 0.15) is 53.1 Å². The fourth-order valence-corrected chi connectivity index (χ4v) is 4.09. The van der Waals surface area contributed by atoms with Crippen LogP contribution in [0.5, 0.6) is 0 Å². The molecular weight excluding hydrogens is 352 g/mol. The second-order valence-electron chi connectivity index (χ2n) is 7.42. The molecule has 1 fully saturated rings. The molecule has 0 unspecified atom stereocenters. The topological polar surface area (TPSA) is 71.8 Å². The Labute approximate surface area is 155 Å². The van der Waals surface area contributed by atoms with Crippen LogP contribution in [0, 0.1) is 26.7 Å². The molecule has 0 aliphatic heterocycles. The summed E-state index contributed by atoms with van der Waals surface area (Å²) >= 11 is 0. The number of hydrogen-bond acceptors (Lipinski definition) is 4. The van der Waals surface area contributed by atoms with Crippen LogP contribution in [-0.2, 0) is 0 Å². The Morgan fingerprint density at radius 3 is 2.59 bits per heavy atom. The van der Waals surface area contributed by atoms with Crippen molar-refractivity contribution in [1.82, 2.24) is 15.1 Å². The number of rotatable bonds is 3. The predicted octanol–water partition coefficient (Wildman–Crippen LogP) is 5.15. The third-order valence-corrected chi connectivity index (χ3v) is 5.62. The first kappa shape index (κ1) is 17.8. The summed E-state index contributed by atoms with van der Waals surface area (Å²) in [5, 5.41) is 4.74. The molecule has 0 saturated heterocycles. The molecule has 0 atom stereocenters. The summed E-state index contributed by atoms with van der Waals surface area (Å²) in [7, 11) is 0. The number of Topliss-reactive ketones (excluding diaryl/α,β-unsaturated/α-hetero) is 1. The minimum absolute atomic E-state index is 0.0856. The van der Waals surface area contributed by atoms with Gasteiger partial charge >= 0.3 is 0 Å². The highest BCUT2D eigenvalue weighted by molar-refractivity contribution is 6.10. The van der Waals surface area contributed by atoms with Gasteiger partial charge in [0.15, 0.2) is 5.78 Å². The first-order chi connectivity index (χ1) is 12.8. The van der Waals surface area contributed by atoms with Crippen LogP contribution >= 0.6 is 0 Å². The van der Waals surface area contributed by atoms with Gasteiger partial charge in [0.05, 0.1) is 5.69 Å². The molecule has 0 amide bonds. The van der Waals surface area contributed by atoms with Crippen molar-refractivity contribution in [2.75, 3.05) is 0 Å². The molecule has 5 nitrogen and oxygen atoms in total. The van der Waals surface area contributed by atoms with Crippen molar-refractivity contribution in [2.24, 2.45) is 5.92 Å². The molecule has 4 rings (SSSR count). The first-order valence-electron chi connectivity index (χ1n) is 9.10. The van der Waals surface area contributed by atoms with Crippen LogP contribution < -0.4 is 0 Å².